The molecule has 176 valence electrons. The zero-order valence-corrected chi connectivity index (χ0v) is 19.2. The summed E-state index contributed by atoms with van der Waals surface area (Å²) in [7, 11) is 0. The van der Waals surface area contributed by atoms with E-state index in [9.17, 15) is 9.59 Å². The van der Waals surface area contributed by atoms with Gasteiger partial charge >= 0.3 is 0 Å². The van der Waals surface area contributed by atoms with Crippen molar-refractivity contribution >= 4 is 11.8 Å². The van der Waals surface area contributed by atoms with E-state index >= 15 is 0 Å². The van der Waals surface area contributed by atoms with Crippen molar-refractivity contribution in [3.63, 3.8) is 0 Å². The first kappa shape index (κ1) is 22.4. The van der Waals surface area contributed by atoms with Crippen LogP contribution in [0.5, 0.6) is 5.75 Å². The molecule has 35 heavy (non-hydrogen) atoms. The second kappa shape index (κ2) is 10.3. The minimum absolute atomic E-state index is 0.0576. The van der Waals surface area contributed by atoms with Crippen LogP contribution in [0.4, 0.5) is 0 Å². The molecule has 7 heteroatoms. The van der Waals surface area contributed by atoms with Crippen molar-refractivity contribution in [3.05, 3.63) is 120 Å². The molecule has 1 atom stereocenters. The normalized spacial score (nSPS) is 14.7. The average molecular weight is 467 g/mol. The number of carbonyl (C=O) groups is 2. The maximum Gasteiger partial charge on any atom is 0.271 e. The van der Waals surface area contributed by atoms with Crippen molar-refractivity contribution in [3.8, 4) is 5.75 Å². The molecule has 1 aromatic heterocycles. The summed E-state index contributed by atoms with van der Waals surface area (Å²) in [5.41, 5.74) is 1.91. The van der Waals surface area contributed by atoms with Gasteiger partial charge in [-0.15, -0.1) is 0 Å². The van der Waals surface area contributed by atoms with Crippen molar-refractivity contribution in [2.24, 2.45) is 0 Å². The fraction of sp³-hybridized carbons (Fsp3) is 0.179. The lowest BCUT2D eigenvalue weighted by atomic mass is 10.0. The number of hydrogen-bond donors (Lipinski definition) is 1. The van der Waals surface area contributed by atoms with E-state index < -0.39 is 0 Å². The number of ether oxygens (including phenoxy) is 1. The molecule has 0 bridgehead atoms. The summed E-state index contributed by atoms with van der Waals surface area (Å²) in [6.07, 6.45) is 1.77. The molecule has 0 radical (unpaired) electrons. The molecule has 1 unspecified atom stereocenters. The van der Waals surface area contributed by atoms with Crippen molar-refractivity contribution in [2.45, 2.75) is 12.6 Å². The third-order valence-electron chi connectivity index (χ3n) is 5.97. The maximum atomic E-state index is 13.4. The Balaban J connectivity index is 1.35. The highest BCUT2D eigenvalue weighted by atomic mass is 16.5. The van der Waals surface area contributed by atoms with E-state index in [0.717, 1.165) is 11.3 Å². The molecule has 1 aliphatic rings. The Morgan fingerprint density at radius 2 is 1.54 bits per heavy atom. The number of rotatable bonds is 7. The second-order valence-corrected chi connectivity index (χ2v) is 8.27. The van der Waals surface area contributed by atoms with E-state index in [-0.39, 0.29) is 17.9 Å². The van der Waals surface area contributed by atoms with Crippen LogP contribution in [0.1, 0.15) is 38.3 Å². The molecule has 4 aromatic rings. The molecule has 0 spiro atoms. The molecule has 0 aliphatic carbocycles. The van der Waals surface area contributed by atoms with Crippen LogP contribution in [0.25, 0.3) is 0 Å². The second-order valence-electron chi connectivity index (χ2n) is 8.27. The predicted molar refractivity (Wildman–Crippen MR) is 132 cm³/mol. The van der Waals surface area contributed by atoms with Crippen LogP contribution in [-0.2, 0) is 6.54 Å². The molecule has 2 amide bonds. The van der Waals surface area contributed by atoms with Crippen LogP contribution in [-0.4, -0.2) is 46.0 Å². The third kappa shape index (κ3) is 4.94. The standard InChI is InChI=1S/C28H26N4O3/c33-27(29-16-19-35-23-14-8-3-9-15-23)24-20-31-17-18-32(28(34)22-12-6-2-7-13-22)25(26(31)30-24)21-10-4-1-5-11-21/h1-15,20,25H,16-19H2,(H,29,33). The molecule has 3 aromatic carbocycles. The molecule has 1 aliphatic heterocycles. The molecule has 2 heterocycles. The molecule has 5 rings (SSSR count). The summed E-state index contributed by atoms with van der Waals surface area (Å²) < 4.78 is 7.62. The average Bonchev–Trinajstić information content (AvgIpc) is 3.36. The number of fused-ring (bicyclic) bond motifs is 1. The van der Waals surface area contributed by atoms with Crippen molar-refractivity contribution in [1.29, 1.82) is 0 Å². The Bertz CT molecular complexity index is 1290. The summed E-state index contributed by atoms with van der Waals surface area (Å²) in [6, 6.07) is 28.2. The van der Waals surface area contributed by atoms with Gasteiger partial charge in [0.2, 0.25) is 0 Å². The minimum Gasteiger partial charge on any atom is -0.492 e. The third-order valence-corrected chi connectivity index (χ3v) is 5.97. The van der Waals surface area contributed by atoms with E-state index in [1.165, 1.54) is 0 Å². The number of imidazole rings is 1. The van der Waals surface area contributed by atoms with Gasteiger partial charge in [-0.1, -0.05) is 66.7 Å². The number of nitrogens with zero attached hydrogens (tertiary/aromatic N) is 3. The summed E-state index contributed by atoms with van der Waals surface area (Å²) in [6.45, 7) is 1.79. The van der Waals surface area contributed by atoms with Gasteiger partial charge in [0.15, 0.2) is 0 Å². The van der Waals surface area contributed by atoms with Crippen molar-refractivity contribution in [1.82, 2.24) is 19.8 Å². The first-order valence-electron chi connectivity index (χ1n) is 11.6. The van der Waals surface area contributed by atoms with Crippen LogP contribution >= 0.6 is 0 Å². The Hall–Kier alpha value is -4.39. The van der Waals surface area contributed by atoms with Crippen molar-refractivity contribution in [2.75, 3.05) is 19.7 Å². The van der Waals surface area contributed by atoms with Gasteiger partial charge in [0.25, 0.3) is 11.8 Å². The van der Waals surface area contributed by atoms with Gasteiger partial charge in [0.1, 0.15) is 29.9 Å². The van der Waals surface area contributed by atoms with Gasteiger partial charge < -0.3 is 19.5 Å². The highest BCUT2D eigenvalue weighted by Crippen LogP contribution is 2.32. The zero-order chi connectivity index (χ0) is 24.0. The Morgan fingerprint density at radius 3 is 2.26 bits per heavy atom. The highest BCUT2D eigenvalue weighted by Gasteiger charge is 2.35. The smallest absolute Gasteiger partial charge is 0.271 e. The highest BCUT2D eigenvalue weighted by molar-refractivity contribution is 5.95. The summed E-state index contributed by atoms with van der Waals surface area (Å²) in [5, 5.41) is 2.87. The first-order valence-corrected chi connectivity index (χ1v) is 11.6. The number of carbonyl (C=O) groups excluding carboxylic acids is 2. The van der Waals surface area contributed by atoms with Gasteiger partial charge in [0.05, 0.1) is 6.54 Å². The lowest BCUT2D eigenvalue weighted by molar-refractivity contribution is 0.0658. The molecule has 0 saturated heterocycles. The van der Waals surface area contributed by atoms with Gasteiger partial charge in [-0.2, -0.15) is 0 Å². The SMILES string of the molecule is O=C(NCCOc1ccccc1)c1cn2c(n1)C(c1ccccc1)N(C(=O)c1ccccc1)CC2. The zero-order valence-electron chi connectivity index (χ0n) is 19.2. The van der Waals surface area contributed by atoms with Crippen molar-refractivity contribution < 1.29 is 14.3 Å². The fourth-order valence-electron chi connectivity index (χ4n) is 4.29. The largest absolute Gasteiger partial charge is 0.492 e. The fourth-order valence-corrected chi connectivity index (χ4v) is 4.29. The number of hydrogen-bond acceptors (Lipinski definition) is 4. The van der Waals surface area contributed by atoms with Crippen LogP contribution in [0.15, 0.2) is 97.2 Å². The number of para-hydroxylation sites is 1. The molecular weight excluding hydrogens is 440 g/mol. The number of nitrogens with one attached hydrogen (secondary N) is 1. The van der Waals surface area contributed by atoms with Crippen LogP contribution in [0.2, 0.25) is 0 Å². The molecule has 0 fully saturated rings. The number of amides is 2. The summed E-state index contributed by atoms with van der Waals surface area (Å²) in [4.78, 5) is 32.8. The summed E-state index contributed by atoms with van der Waals surface area (Å²) in [5.74, 6) is 1.11. The van der Waals surface area contributed by atoms with E-state index in [0.29, 0.717) is 43.3 Å². The quantitative estimate of drug-likeness (QED) is 0.419. The monoisotopic (exact) mass is 466 g/mol. The first-order chi connectivity index (χ1) is 17.2. The minimum atomic E-state index is -0.388. The van der Waals surface area contributed by atoms with E-state index in [1.807, 2.05) is 100 Å². The maximum absolute atomic E-state index is 13.4. The van der Waals surface area contributed by atoms with E-state index in [2.05, 4.69) is 10.3 Å². The predicted octanol–water partition coefficient (Wildman–Crippen LogP) is 3.94. The topological polar surface area (TPSA) is 76.5 Å². The molecule has 1 N–H and O–H groups in total. The van der Waals surface area contributed by atoms with Gasteiger partial charge in [0, 0.05) is 24.8 Å². The van der Waals surface area contributed by atoms with Gasteiger partial charge in [-0.25, -0.2) is 4.98 Å². The van der Waals surface area contributed by atoms with E-state index in [1.54, 1.807) is 6.20 Å². The lowest BCUT2D eigenvalue weighted by Gasteiger charge is -2.36. The summed E-state index contributed by atoms with van der Waals surface area (Å²) >= 11 is 0. The van der Waals surface area contributed by atoms with Crippen LogP contribution < -0.4 is 10.1 Å². The van der Waals surface area contributed by atoms with Gasteiger partial charge in [-0.3, -0.25) is 9.59 Å². The Kier molecular flexibility index (Phi) is 6.57. The molecular formula is C28H26N4O3. The van der Waals surface area contributed by atoms with E-state index in [4.69, 9.17) is 4.74 Å². The number of aromatic nitrogens is 2. The Morgan fingerprint density at radius 1 is 0.886 bits per heavy atom. The van der Waals surface area contributed by atoms with Crippen LogP contribution in [0, 0.1) is 0 Å². The van der Waals surface area contributed by atoms with Crippen LogP contribution in [0.3, 0.4) is 0 Å². The number of benzene rings is 3. The molecule has 7 nitrogen and oxygen atoms in total. The molecule has 0 saturated carbocycles. The Labute approximate surface area is 204 Å². The lowest BCUT2D eigenvalue weighted by Crippen LogP contribution is -2.42. The van der Waals surface area contributed by atoms with Gasteiger partial charge in [-0.05, 0) is 29.8 Å².